The average molecular weight is 448 g/mol. The fourth-order valence-corrected chi connectivity index (χ4v) is 5.20. The van der Waals surface area contributed by atoms with E-state index < -0.39 is 17.7 Å². The molecule has 4 rings (SSSR count). The highest BCUT2D eigenvalue weighted by atomic mass is 16.5. The maximum Gasteiger partial charge on any atom is 0.295 e. The Bertz CT molecular complexity index is 1120. The number of ether oxygens (including phenoxy) is 1. The number of hydrogen-bond donors (Lipinski definition) is 1. The lowest BCUT2D eigenvalue weighted by Gasteiger charge is -2.31. The molecule has 2 aliphatic rings. The van der Waals surface area contributed by atoms with Crippen LogP contribution >= 0.6 is 0 Å². The molecule has 5 heteroatoms. The molecular weight excluding hydrogens is 414 g/mol. The molecule has 1 N–H and O–H groups in total. The Morgan fingerprint density at radius 3 is 2.33 bits per heavy atom. The number of aryl methyl sites for hydroxylation is 1. The first-order valence-corrected chi connectivity index (χ1v) is 11.7. The molecule has 0 radical (unpaired) electrons. The number of aliphatic hydroxyl groups is 1. The lowest BCUT2D eigenvalue weighted by atomic mass is 9.84. The first kappa shape index (κ1) is 23.1. The lowest BCUT2D eigenvalue weighted by Crippen LogP contribution is -2.37. The topological polar surface area (TPSA) is 66.8 Å². The van der Waals surface area contributed by atoms with Crippen molar-refractivity contribution in [3.8, 4) is 5.75 Å². The van der Waals surface area contributed by atoms with Gasteiger partial charge in [-0.2, -0.15) is 0 Å². The van der Waals surface area contributed by atoms with Gasteiger partial charge >= 0.3 is 0 Å². The summed E-state index contributed by atoms with van der Waals surface area (Å²) in [6, 6.07) is 12.7. The van der Waals surface area contributed by atoms with Crippen molar-refractivity contribution in [2.75, 3.05) is 7.11 Å². The third kappa shape index (κ3) is 4.05. The smallest absolute Gasteiger partial charge is 0.295 e. The number of ketones is 1. The molecule has 174 valence electrons. The van der Waals surface area contributed by atoms with Crippen molar-refractivity contribution in [2.24, 2.45) is 0 Å². The summed E-state index contributed by atoms with van der Waals surface area (Å²) in [5, 5.41) is 11.5. The van der Waals surface area contributed by atoms with Crippen molar-refractivity contribution in [1.82, 2.24) is 4.90 Å². The molecule has 1 saturated carbocycles. The van der Waals surface area contributed by atoms with Crippen molar-refractivity contribution in [3.05, 3.63) is 70.3 Å². The van der Waals surface area contributed by atoms with Gasteiger partial charge in [0.05, 0.1) is 18.7 Å². The van der Waals surface area contributed by atoms with Crippen LogP contribution in [0, 0.1) is 6.92 Å². The summed E-state index contributed by atoms with van der Waals surface area (Å²) >= 11 is 0. The van der Waals surface area contributed by atoms with Gasteiger partial charge in [-0.25, -0.2) is 0 Å². The Morgan fingerprint density at radius 1 is 1.06 bits per heavy atom. The van der Waals surface area contributed by atoms with E-state index in [0.29, 0.717) is 5.56 Å². The van der Waals surface area contributed by atoms with Crippen LogP contribution < -0.4 is 4.74 Å². The second kappa shape index (κ2) is 8.69. The molecule has 2 fully saturated rings. The third-order valence-electron chi connectivity index (χ3n) is 6.96. The fraction of sp³-hybridized carbons (Fsp3) is 0.429. The van der Waals surface area contributed by atoms with Crippen molar-refractivity contribution in [1.29, 1.82) is 0 Å². The van der Waals surface area contributed by atoms with Crippen LogP contribution in [0.15, 0.2) is 48.0 Å². The van der Waals surface area contributed by atoms with Gasteiger partial charge in [0.2, 0.25) is 0 Å². The summed E-state index contributed by atoms with van der Waals surface area (Å²) in [4.78, 5) is 28.4. The van der Waals surface area contributed by atoms with E-state index in [0.717, 1.165) is 48.1 Å². The number of likely N-dealkylation sites (tertiary alicyclic amines) is 1. The zero-order valence-corrected chi connectivity index (χ0v) is 20.1. The highest BCUT2D eigenvalue weighted by molar-refractivity contribution is 6.46. The number of rotatable bonds is 4. The molecule has 0 aromatic heterocycles. The van der Waals surface area contributed by atoms with Crippen molar-refractivity contribution >= 4 is 17.4 Å². The highest BCUT2D eigenvalue weighted by Crippen LogP contribution is 2.45. The number of Topliss-reactive ketones (excluding diaryl/α,β-unsaturated/α-hetero) is 1. The number of carbonyl (C=O) groups excluding carboxylic acids is 2. The normalized spacial score (nSPS) is 21.1. The molecule has 2 aromatic carbocycles. The molecule has 0 spiro atoms. The van der Waals surface area contributed by atoms with Crippen LogP contribution in [-0.4, -0.2) is 34.8 Å². The predicted octanol–water partition coefficient (Wildman–Crippen LogP) is 5.67. The van der Waals surface area contributed by atoms with Gasteiger partial charge < -0.3 is 14.7 Å². The number of carbonyl (C=O) groups is 2. The molecule has 5 nitrogen and oxygen atoms in total. The molecule has 1 aliphatic heterocycles. The van der Waals surface area contributed by atoms with Crippen LogP contribution in [0.1, 0.15) is 74.8 Å². The number of methoxy groups -OCH3 is 1. The fourth-order valence-electron chi connectivity index (χ4n) is 5.20. The van der Waals surface area contributed by atoms with Crippen LogP contribution in [-0.2, 0) is 15.0 Å². The number of amides is 1. The van der Waals surface area contributed by atoms with Gasteiger partial charge in [-0.3, -0.25) is 9.59 Å². The van der Waals surface area contributed by atoms with Crippen LogP contribution in [0.3, 0.4) is 0 Å². The summed E-state index contributed by atoms with van der Waals surface area (Å²) in [5.41, 5.74) is 3.26. The minimum absolute atomic E-state index is 0.0114. The Hall–Kier alpha value is -3.08. The summed E-state index contributed by atoms with van der Waals surface area (Å²) in [6.07, 6.45) is 3.85. The number of nitrogens with zero attached hydrogens (tertiary/aromatic N) is 1. The van der Waals surface area contributed by atoms with E-state index in [1.54, 1.807) is 18.1 Å². The minimum atomic E-state index is -0.610. The second-order valence-electron chi connectivity index (χ2n) is 10.2. The predicted molar refractivity (Wildman–Crippen MR) is 129 cm³/mol. The van der Waals surface area contributed by atoms with Crippen molar-refractivity contribution in [2.45, 2.75) is 70.9 Å². The van der Waals surface area contributed by atoms with Gasteiger partial charge in [0.25, 0.3) is 11.7 Å². The third-order valence-corrected chi connectivity index (χ3v) is 6.96. The molecule has 33 heavy (non-hydrogen) atoms. The first-order valence-electron chi connectivity index (χ1n) is 11.7. The maximum atomic E-state index is 13.4. The lowest BCUT2D eigenvalue weighted by molar-refractivity contribution is -0.141. The van der Waals surface area contributed by atoms with Gasteiger partial charge in [-0.1, -0.05) is 57.9 Å². The molecule has 1 saturated heterocycles. The van der Waals surface area contributed by atoms with Crippen LogP contribution in [0.5, 0.6) is 5.75 Å². The SMILES string of the molecule is COc1ccc(/C(O)=C2\C(=O)C(=O)N(C3CCCC3)C2c2ccccc2C)cc1C(C)(C)C. The summed E-state index contributed by atoms with van der Waals surface area (Å²) in [6.45, 7) is 8.19. The second-order valence-corrected chi connectivity index (χ2v) is 10.2. The Balaban J connectivity index is 1.92. The van der Waals surface area contributed by atoms with Crippen LogP contribution in [0.2, 0.25) is 0 Å². The van der Waals surface area contributed by atoms with Crippen LogP contribution in [0.4, 0.5) is 0 Å². The molecule has 0 bridgehead atoms. The van der Waals surface area contributed by atoms with E-state index in [1.807, 2.05) is 43.3 Å². The highest BCUT2D eigenvalue weighted by Gasteiger charge is 2.49. The monoisotopic (exact) mass is 447 g/mol. The number of benzene rings is 2. The van der Waals surface area contributed by atoms with Gasteiger partial charge in [0.15, 0.2) is 0 Å². The summed E-state index contributed by atoms with van der Waals surface area (Å²) in [7, 11) is 1.62. The van der Waals surface area contributed by atoms with Gasteiger partial charge in [-0.15, -0.1) is 0 Å². The molecule has 1 unspecified atom stereocenters. The average Bonchev–Trinajstić information content (AvgIpc) is 3.39. The molecular formula is C28H33NO4. The van der Waals surface area contributed by atoms with Gasteiger partial charge in [0, 0.05) is 17.2 Å². The molecule has 1 amide bonds. The zero-order valence-electron chi connectivity index (χ0n) is 20.1. The van der Waals surface area contributed by atoms with E-state index >= 15 is 0 Å². The molecule has 2 aromatic rings. The molecule has 1 heterocycles. The largest absolute Gasteiger partial charge is 0.507 e. The molecule has 1 aliphatic carbocycles. The van der Waals surface area contributed by atoms with Crippen LogP contribution in [0.25, 0.3) is 5.76 Å². The quantitative estimate of drug-likeness (QED) is 0.373. The van der Waals surface area contributed by atoms with E-state index in [1.165, 1.54) is 0 Å². The van der Waals surface area contributed by atoms with Gasteiger partial charge in [0.1, 0.15) is 11.5 Å². The van der Waals surface area contributed by atoms with E-state index in [-0.39, 0.29) is 22.8 Å². The van der Waals surface area contributed by atoms with Gasteiger partial charge in [-0.05, 0) is 54.5 Å². The summed E-state index contributed by atoms with van der Waals surface area (Å²) in [5.74, 6) is -0.529. The van der Waals surface area contributed by atoms with E-state index in [9.17, 15) is 14.7 Å². The zero-order chi connectivity index (χ0) is 23.9. The minimum Gasteiger partial charge on any atom is -0.507 e. The number of aliphatic hydroxyl groups excluding tert-OH is 1. The Labute approximate surface area is 196 Å². The standard InChI is InChI=1S/C28H33NO4/c1-17-10-6-9-13-20(17)24-23(26(31)27(32)29(24)19-11-7-8-12-19)25(30)18-14-15-22(33-5)21(16-18)28(2,3)4/h6,9-10,13-16,19,24,30H,7-8,11-12H2,1-5H3/b25-23+. The number of hydrogen-bond acceptors (Lipinski definition) is 4. The van der Waals surface area contributed by atoms with E-state index in [2.05, 4.69) is 20.8 Å². The Kier molecular flexibility index (Phi) is 6.08. The van der Waals surface area contributed by atoms with Crippen molar-refractivity contribution in [3.63, 3.8) is 0 Å². The van der Waals surface area contributed by atoms with Crippen molar-refractivity contribution < 1.29 is 19.4 Å². The van der Waals surface area contributed by atoms with E-state index in [4.69, 9.17) is 4.74 Å². The first-order chi connectivity index (χ1) is 15.6. The summed E-state index contributed by atoms with van der Waals surface area (Å²) < 4.78 is 5.53. The molecule has 1 atom stereocenters. The Morgan fingerprint density at radius 2 is 1.73 bits per heavy atom. The maximum absolute atomic E-state index is 13.4.